The molecular formula is C43H36N4O6. The van der Waals surface area contributed by atoms with Crippen molar-refractivity contribution in [2.75, 3.05) is 39.1 Å². The average molecular weight is 705 g/mol. The number of aromatic nitrogens is 2. The van der Waals surface area contributed by atoms with Crippen LogP contribution in [0.1, 0.15) is 26.3 Å². The van der Waals surface area contributed by atoms with Gasteiger partial charge in [-0.1, -0.05) is 42.5 Å². The quantitative estimate of drug-likeness (QED) is 0.145. The van der Waals surface area contributed by atoms with Gasteiger partial charge in [-0.2, -0.15) is 0 Å². The van der Waals surface area contributed by atoms with Gasteiger partial charge in [0.05, 0.1) is 73.4 Å². The predicted octanol–water partition coefficient (Wildman–Crippen LogP) is 8.96. The normalized spacial score (nSPS) is 10.9. The molecule has 0 bridgehead atoms. The zero-order valence-corrected chi connectivity index (χ0v) is 29.8. The Labute approximate surface area is 306 Å². The highest BCUT2D eigenvalue weighted by atomic mass is 16.5. The Kier molecular flexibility index (Phi) is 9.59. The van der Waals surface area contributed by atoms with Crippen molar-refractivity contribution in [2.24, 2.45) is 0 Å². The maximum Gasteiger partial charge on any atom is 0.256 e. The van der Waals surface area contributed by atoms with E-state index in [1.54, 1.807) is 58.8 Å². The number of nitrogens with one attached hydrogen (secondary N) is 2. The number of rotatable bonds is 10. The van der Waals surface area contributed by atoms with Crippen molar-refractivity contribution < 1.29 is 28.5 Å². The lowest BCUT2D eigenvalue weighted by Gasteiger charge is -2.17. The molecule has 10 heteroatoms. The maximum absolute atomic E-state index is 14.2. The number of benzene rings is 5. The highest BCUT2D eigenvalue weighted by Gasteiger charge is 2.21. The van der Waals surface area contributed by atoms with Gasteiger partial charge < -0.3 is 29.6 Å². The number of fused-ring (bicyclic) bond motifs is 2. The van der Waals surface area contributed by atoms with Gasteiger partial charge in [0.2, 0.25) is 0 Å². The molecule has 0 radical (unpaired) electrons. The number of pyridine rings is 2. The smallest absolute Gasteiger partial charge is 0.256 e. The third-order valence-electron chi connectivity index (χ3n) is 8.96. The van der Waals surface area contributed by atoms with Gasteiger partial charge in [0.25, 0.3) is 11.8 Å². The Morgan fingerprint density at radius 3 is 1.45 bits per heavy atom. The number of nitrogens with zero attached hydrogens (tertiary/aromatic N) is 2. The molecule has 10 nitrogen and oxygen atoms in total. The maximum atomic E-state index is 14.2. The molecule has 0 unspecified atom stereocenters. The van der Waals surface area contributed by atoms with E-state index >= 15 is 0 Å². The fourth-order valence-electron chi connectivity index (χ4n) is 6.27. The molecule has 2 N–H and O–H groups in total. The van der Waals surface area contributed by atoms with Gasteiger partial charge >= 0.3 is 0 Å². The summed E-state index contributed by atoms with van der Waals surface area (Å²) in [6.45, 7) is 1.92. The summed E-state index contributed by atoms with van der Waals surface area (Å²) in [7, 11) is 6.32. The SMILES string of the molecule is COc1ccc(-c2cc(C(=O)Nc3ccc(C)cc3NC(=O)c3cc(-c4ccc(OC)cc4OC)nc4ccccc34)c3ccccc3n2)c(OC)c1. The number of carbonyl (C=O) groups excluding carboxylic acids is 2. The molecule has 7 rings (SSSR count). The standard InChI is InChI=1S/C43H36N4O6/c1-25-14-19-36(46-42(48)32-23-37(44-34-12-8-6-10-28(32)34)30-17-15-26(50-2)21-40(30)52-4)39(20-25)47-43(49)33-24-38(45-35-13-9-7-11-29(33)35)31-18-16-27(51-3)22-41(31)53-5/h6-24H,1-5H3,(H,46,48)(H,47,49). The number of amides is 2. The first-order valence-corrected chi connectivity index (χ1v) is 16.8. The molecule has 5 aromatic carbocycles. The van der Waals surface area contributed by atoms with Crippen LogP contribution in [0, 0.1) is 6.92 Å². The zero-order chi connectivity index (χ0) is 37.1. The van der Waals surface area contributed by atoms with Gasteiger partial charge in [0, 0.05) is 34.0 Å². The Hall–Kier alpha value is -6.94. The van der Waals surface area contributed by atoms with E-state index in [-0.39, 0.29) is 11.8 Å². The molecule has 0 atom stereocenters. The second-order valence-corrected chi connectivity index (χ2v) is 12.2. The predicted molar refractivity (Wildman–Crippen MR) is 208 cm³/mol. The number of aryl methyl sites for hydroxylation is 1. The fraction of sp³-hybridized carbons (Fsp3) is 0.116. The first kappa shape index (κ1) is 34.5. The molecule has 264 valence electrons. The minimum absolute atomic E-state index is 0.373. The first-order chi connectivity index (χ1) is 25.8. The summed E-state index contributed by atoms with van der Waals surface area (Å²) < 4.78 is 22.1. The van der Waals surface area contributed by atoms with Crippen LogP contribution in [0.15, 0.2) is 115 Å². The van der Waals surface area contributed by atoms with E-state index in [0.29, 0.717) is 89.8 Å². The number of hydrogen-bond donors (Lipinski definition) is 2. The third-order valence-corrected chi connectivity index (χ3v) is 8.96. The second kappa shape index (κ2) is 14.7. The van der Waals surface area contributed by atoms with E-state index < -0.39 is 0 Å². The number of carbonyl (C=O) groups is 2. The highest BCUT2D eigenvalue weighted by molar-refractivity contribution is 6.17. The van der Waals surface area contributed by atoms with Gasteiger partial charge in [-0.3, -0.25) is 9.59 Å². The molecule has 0 aliphatic carbocycles. The monoisotopic (exact) mass is 704 g/mol. The molecule has 0 fully saturated rings. The first-order valence-electron chi connectivity index (χ1n) is 16.8. The molecule has 0 saturated heterocycles. The zero-order valence-electron chi connectivity index (χ0n) is 29.8. The largest absolute Gasteiger partial charge is 0.497 e. The number of anilines is 2. The van der Waals surface area contributed by atoms with Crippen LogP contribution in [0.25, 0.3) is 44.3 Å². The van der Waals surface area contributed by atoms with Crippen molar-refractivity contribution in [3.63, 3.8) is 0 Å². The topological polar surface area (TPSA) is 121 Å². The highest BCUT2D eigenvalue weighted by Crippen LogP contribution is 2.37. The van der Waals surface area contributed by atoms with Crippen molar-refractivity contribution in [2.45, 2.75) is 6.92 Å². The lowest BCUT2D eigenvalue weighted by Crippen LogP contribution is -2.18. The molecule has 0 spiro atoms. The number of ether oxygens (including phenoxy) is 4. The van der Waals surface area contributed by atoms with Crippen LogP contribution in [-0.4, -0.2) is 50.2 Å². The minimum atomic E-state index is -0.375. The Balaban J connectivity index is 1.25. The van der Waals surface area contributed by atoms with Gasteiger partial charge in [0.1, 0.15) is 23.0 Å². The summed E-state index contributed by atoms with van der Waals surface area (Å²) in [5, 5.41) is 7.47. The molecule has 2 amide bonds. The summed E-state index contributed by atoms with van der Waals surface area (Å²) >= 11 is 0. The van der Waals surface area contributed by atoms with Crippen molar-refractivity contribution in [3.8, 4) is 45.5 Å². The minimum Gasteiger partial charge on any atom is -0.497 e. The summed E-state index contributed by atoms with van der Waals surface area (Å²) in [5.41, 5.74) is 6.35. The molecule has 2 aromatic heterocycles. The number of para-hydroxylation sites is 2. The van der Waals surface area contributed by atoms with E-state index in [1.807, 2.05) is 91.9 Å². The van der Waals surface area contributed by atoms with E-state index in [2.05, 4.69) is 10.6 Å². The number of hydrogen-bond acceptors (Lipinski definition) is 8. The molecular weight excluding hydrogens is 668 g/mol. The van der Waals surface area contributed by atoms with Crippen molar-refractivity contribution >= 4 is 45.0 Å². The molecule has 7 aromatic rings. The lowest BCUT2D eigenvalue weighted by molar-refractivity contribution is 0.101. The average Bonchev–Trinajstić information content (AvgIpc) is 3.20. The Morgan fingerprint density at radius 2 is 0.981 bits per heavy atom. The van der Waals surface area contributed by atoms with Crippen molar-refractivity contribution in [1.82, 2.24) is 9.97 Å². The van der Waals surface area contributed by atoms with E-state index in [0.717, 1.165) is 5.56 Å². The van der Waals surface area contributed by atoms with Crippen LogP contribution in [0.5, 0.6) is 23.0 Å². The van der Waals surface area contributed by atoms with Gasteiger partial charge in [-0.25, -0.2) is 9.97 Å². The van der Waals surface area contributed by atoms with Crippen LogP contribution in [0.3, 0.4) is 0 Å². The summed E-state index contributed by atoms with van der Waals surface area (Å²) in [6.07, 6.45) is 0. The summed E-state index contributed by atoms with van der Waals surface area (Å²) in [4.78, 5) is 38.2. The Bertz CT molecular complexity index is 2530. The van der Waals surface area contributed by atoms with E-state index in [1.165, 1.54) is 0 Å². The molecule has 53 heavy (non-hydrogen) atoms. The van der Waals surface area contributed by atoms with Crippen molar-refractivity contribution in [1.29, 1.82) is 0 Å². The van der Waals surface area contributed by atoms with Crippen LogP contribution in [0.4, 0.5) is 11.4 Å². The van der Waals surface area contributed by atoms with Crippen LogP contribution in [0.2, 0.25) is 0 Å². The Morgan fingerprint density at radius 1 is 0.509 bits per heavy atom. The molecule has 0 aliphatic heterocycles. The van der Waals surface area contributed by atoms with Crippen LogP contribution >= 0.6 is 0 Å². The molecule has 0 aliphatic rings. The molecule has 0 saturated carbocycles. The van der Waals surface area contributed by atoms with Crippen LogP contribution < -0.4 is 29.6 Å². The number of methoxy groups -OCH3 is 4. The third kappa shape index (κ3) is 6.90. The molecule has 2 heterocycles. The van der Waals surface area contributed by atoms with Crippen LogP contribution in [-0.2, 0) is 0 Å². The van der Waals surface area contributed by atoms with Gasteiger partial charge in [-0.05, 0) is 73.2 Å². The summed E-state index contributed by atoms with van der Waals surface area (Å²) in [5.74, 6) is 1.63. The second-order valence-electron chi connectivity index (χ2n) is 12.2. The van der Waals surface area contributed by atoms with E-state index in [4.69, 9.17) is 28.9 Å². The van der Waals surface area contributed by atoms with E-state index in [9.17, 15) is 9.59 Å². The van der Waals surface area contributed by atoms with Gasteiger partial charge in [0.15, 0.2) is 0 Å². The lowest BCUT2D eigenvalue weighted by atomic mass is 10.0. The van der Waals surface area contributed by atoms with Crippen molar-refractivity contribution in [3.05, 3.63) is 132 Å². The fourth-order valence-corrected chi connectivity index (χ4v) is 6.27. The van der Waals surface area contributed by atoms with Gasteiger partial charge in [-0.15, -0.1) is 0 Å². The summed E-state index contributed by atoms with van der Waals surface area (Å²) in [6, 6.07) is 34.7.